The number of nitrogens with one attached hydrogen (secondary N) is 2. The number of hydrogen-bond acceptors (Lipinski definition) is 2. The number of halogens is 1. The molecule has 1 saturated carbocycles. The molecule has 0 atom stereocenters. The third-order valence-electron chi connectivity index (χ3n) is 4.72. The predicted octanol–water partition coefficient (Wildman–Crippen LogP) is 3.50. The summed E-state index contributed by atoms with van der Waals surface area (Å²) >= 11 is 0. The van der Waals surface area contributed by atoms with E-state index < -0.39 is 0 Å². The smallest absolute Gasteiger partial charge is 0.190 e. The van der Waals surface area contributed by atoms with E-state index in [0.717, 1.165) is 37.8 Å². The van der Waals surface area contributed by atoms with E-state index in [1.165, 1.54) is 50.5 Å². The first kappa shape index (κ1) is 21.3. The monoisotopic (exact) mass is 447 g/mol. The number of nitrogens with zero attached hydrogens (tertiary/aromatic N) is 3. The van der Waals surface area contributed by atoms with E-state index in [4.69, 9.17) is 0 Å². The van der Waals surface area contributed by atoms with Crippen molar-refractivity contribution in [3.63, 3.8) is 0 Å². The van der Waals surface area contributed by atoms with Gasteiger partial charge in [0.1, 0.15) is 0 Å². The van der Waals surface area contributed by atoms with E-state index in [0.29, 0.717) is 0 Å². The first-order valence-electron chi connectivity index (χ1n) is 9.20. The SMILES string of the molecule is CN=C(NCCCCC1CCCC1)NCCCc1cnn(C)c1.I. The lowest BCUT2D eigenvalue weighted by atomic mass is 10.0. The van der Waals surface area contributed by atoms with Crippen LogP contribution in [-0.2, 0) is 13.5 Å². The van der Waals surface area contributed by atoms with Crippen molar-refractivity contribution in [3.8, 4) is 0 Å². The maximum atomic E-state index is 4.29. The first-order chi connectivity index (χ1) is 11.3. The van der Waals surface area contributed by atoms with Crippen molar-refractivity contribution in [1.82, 2.24) is 20.4 Å². The van der Waals surface area contributed by atoms with Crippen molar-refractivity contribution in [2.75, 3.05) is 20.1 Å². The second kappa shape index (κ2) is 12.6. The molecule has 24 heavy (non-hydrogen) atoms. The predicted molar refractivity (Wildman–Crippen MR) is 112 cm³/mol. The van der Waals surface area contributed by atoms with E-state index >= 15 is 0 Å². The highest BCUT2D eigenvalue weighted by Gasteiger charge is 2.13. The van der Waals surface area contributed by atoms with Gasteiger partial charge in [-0.05, 0) is 30.7 Å². The molecular formula is C18H34IN5. The van der Waals surface area contributed by atoms with E-state index in [9.17, 15) is 0 Å². The Balaban J connectivity index is 0.00000288. The number of aryl methyl sites for hydroxylation is 2. The summed E-state index contributed by atoms with van der Waals surface area (Å²) in [6.07, 6.45) is 16.0. The van der Waals surface area contributed by atoms with E-state index in [-0.39, 0.29) is 24.0 Å². The largest absolute Gasteiger partial charge is 0.356 e. The van der Waals surface area contributed by atoms with Crippen molar-refractivity contribution < 1.29 is 0 Å². The number of unbranched alkanes of at least 4 members (excludes halogenated alkanes) is 1. The Bertz CT molecular complexity index is 466. The molecule has 1 fully saturated rings. The summed E-state index contributed by atoms with van der Waals surface area (Å²) in [6.45, 7) is 1.96. The van der Waals surface area contributed by atoms with Gasteiger partial charge in [-0.3, -0.25) is 9.67 Å². The van der Waals surface area contributed by atoms with E-state index in [1.54, 1.807) is 0 Å². The van der Waals surface area contributed by atoms with Gasteiger partial charge in [-0.1, -0.05) is 38.5 Å². The number of hydrogen-bond donors (Lipinski definition) is 2. The Morgan fingerprint density at radius 1 is 1.21 bits per heavy atom. The normalized spacial score (nSPS) is 15.3. The van der Waals surface area contributed by atoms with Crippen molar-refractivity contribution in [2.45, 2.75) is 57.8 Å². The Hall–Kier alpha value is -0.790. The number of rotatable bonds is 9. The molecule has 0 spiro atoms. The van der Waals surface area contributed by atoms with E-state index in [2.05, 4.69) is 26.9 Å². The average Bonchev–Trinajstić information content (AvgIpc) is 3.20. The second-order valence-corrected chi connectivity index (χ2v) is 6.70. The lowest BCUT2D eigenvalue weighted by molar-refractivity contribution is 0.472. The van der Waals surface area contributed by atoms with Gasteiger partial charge in [-0.25, -0.2) is 0 Å². The van der Waals surface area contributed by atoms with Gasteiger partial charge in [0.05, 0.1) is 6.20 Å². The fraction of sp³-hybridized carbons (Fsp3) is 0.778. The molecule has 0 unspecified atom stereocenters. The van der Waals surface area contributed by atoms with Crippen LogP contribution in [0.2, 0.25) is 0 Å². The molecule has 2 N–H and O–H groups in total. The Kier molecular flexibility index (Phi) is 11.1. The molecule has 1 aliphatic rings. The van der Waals surface area contributed by atoms with Gasteiger partial charge >= 0.3 is 0 Å². The number of aliphatic imine (C=N–C) groups is 1. The fourth-order valence-electron chi connectivity index (χ4n) is 3.38. The van der Waals surface area contributed by atoms with Gasteiger partial charge in [0.15, 0.2) is 5.96 Å². The first-order valence-corrected chi connectivity index (χ1v) is 9.20. The lowest BCUT2D eigenvalue weighted by Crippen LogP contribution is -2.38. The molecule has 2 rings (SSSR count). The third kappa shape index (κ3) is 8.35. The summed E-state index contributed by atoms with van der Waals surface area (Å²) in [6, 6.07) is 0. The van der Waals surface area contributed by atoms with Crippen LogP contribution in [0, 0.1) is 5.92 Å². The van der Waals surface area contributed by atoms with Crippen molar-refractivity contribution >= 4 is 29.9 Å². The molecule has 138 valence electrons. The Labute approximate surface area is 164 Å². The zero-order valence-electron chi connectivity index (χ0n) is 15.3. The molecule has 1 aromatic heterocycles. The maximum absolute atomic E-state index is 4.29. The summed E-state index contributed by atoms with van der Waals surface area (Å²) in [4.78, 5) is 4.29. The minimum Gasteiger partial charge on any atom is -0.356 e. The van der Waals surface area contributed by atoms with Crippen LogP contribution in [0.15, 0.2) is 17.4 Å². The topological polar surface area (TPSA) is 54.2 Å². The van der Waals surface area contributed by atoms with Crippen LogP contribution in [0.25, 0.3) is 0 Å². The van der Waals surface area contributed by atoms with Crippen LogP contribution >= 0.6 is 24.0 Å². The molecule has 6 heteroatoms. The molecule has 1 aromatic rings. The van der Waals surface area contributed by atoms with Crippen molar-refractivity contribution in [3.05, 3.63) is 18.0 Å². The second-order valence-electron chi connectivity index (χ2n) is 6.70. The van der Waals surface area contributed by atoms with Crippen LogP contribution in [0.4, 0.5) is 0 Å². The standard InChI is InChI=1S/C18H33N5.HI/c1-19-18(20-12-6-5-10-16-8-3-4-9-16)21-13-7-11-17-14-22-23(2)15-17;/h14-16H,3-13H2,1-2H3,(H2,19,20,21);1H. The Morgan fingerprint density at radius 2 is 1.92 bits per heavy atom. The molecule has 5 nitrogen and oxygen atoms in total. The molecular weight excluding hydrogens is 413 g/mol. The summed E-state index contributed by atoms with van der Waals surface area (Å²) in [5.74, 6) is 1.94. The molecule has 0 radical (unpaired) electrons. The summed E-state index contributed by atoms with van der Waals surface area (Å²) < 4.78 is 1.86. The van der Waals surface area contributed by atoms with Gasteiger partial charge in [0.25, 0.3) is 0 Å². The van der Waals surface area contributed by atoms with Crippen LogP contribution in [0.3, 0.4) is 0 Å². The van der Waals surface area contributed by atoms with Crippen LogP contribution in [0.1, 0.15) is 56.9 Å². The molecule has 0 saturated heterocycles. The van der Waals surface area contributed by atoms with Crippen molar-refractivity contribution in [1.29, 1.82) is 0 Å². The summed E-state index contributed by atoms with van der Waals surface area (Å²) in [5, 5.41) is 11.0. The van der Waals surface area contributed by atoms with Gasteiger partial charge in [-0.15, -0.1) is 24.0 Å². The van der Waals surface area contributed by atoms with Crippen LogP contribution < -0.4 is 10.6 Å². The van der Waals surface area contributed by atoms with Crippen LogP contribution in [0.5, 0.6) is 0 Å². The average molecular weight is 447 g/mol. The summed E-state index contributed by atoms with van der Waals surface area (Å²) in [5.41, 5.74) is 1.30. The molecule has 0 aromatic carbocycles. The highest BCUT2D eigenvalue weighted by Crippen LogP contribution is 2.28. The molecule has 1 heterocycles. The molecule has 1 aliphatic carbocycles. The van der Waals surface area contributed by atoms with Gasteiger partial charge < -0.3 is 10.6 Å². The van der Waals surface area contributed by atoms with E-state index in [1.807, 2.05) is 25.0 Å². The zero-order valence-corrected chi connectivity index (χ0v) is 17.6. The highest BCUT2D eigenvalue weighted by atomic mass is 127. The fourth-order valence-corrected chi connectivity index (χ4v) is 3.38. The highest BCUT2D eigenvalue weighted by molar-refractivity contribution is 14.0. The lowest BCUT2D eigenvalue weighted by Gasteiger charge is -2.12. The number of aromatic nitrogens is 2. The molecule has 0 aliphatic heterocycles. The third-order valence-corrected chi connectivity index (χ3v) is 4.72. The summed E-state index contributed by atoms with van der Waals surface area (Å²) in [7, 11) is 3.80. The minimum atomic E-state index is 0. The minimum absolute atomic E-state index is 0. The van der Waals surface area contributed by atoms with Crippen LogP contribution in [-0.4, -0.2) is 35.9 Å². The Morgan fingerprint density at radius 3 is 2.54 bits per heavy atom. The quantitative estimate of drug-likeness (QED) is 0.264. The van der Waals surface area contributed by atoms with Crippen molar-refractivity contribution in [2.24, 2.45) is 18.0 Å². The van der Waals surface area contributed by atoms with Gasteiger partial charge in [0.2, 0.25) is 0 Å². The van der Waals surface area contributed by atoms with Gasteiger partial charge in [0, 0.05) is 33.4 Å². The van der Waals surface area contributed by atoms with Gasteiger partial charge in [-0.2, -0.15) is 5.10 Å². The maximum Gasteiger partial charge on any atom is 0.190 e. The zero-order chi connectivity index (χ0) is 16.3. The number of guanidine groups is 1. The molecule has 0 amide bonds. The molecule has 0 bridgehead atoms.